The van der Waals surface area contributed by atoms with Gasteiger partial charge in [-0.25, -0.2) is 9.37 Å². The lowest BCUT2D eigenvalue weighted by Crippen LogP contribution is -2.15. The smallest absolute Gasteiger partial charge is 0.228 e. The molecule has 2 rings (SSSR count). The summed E-state index contributed by atoms with van der Waals surface area (Å²) >= 11 is 0. The Hall–Kier alpha value is -2.43. The minimum absolute atomic E-state index is 0.159. The molecule has 0 fully saturated rings. The number of pyridine rings is 1. The van der Waals surface area contributed by atoms with E-state index in [1.807, 2.05) is 19.9 Å². The number of nitrogens with one attached hydrogen (secondary N) is 2. The highest BCUT2D eigenvalue weighted by atomic mass is 19.1. The van der Waals surface area contributed by atoms with Crippen LogP contribution in [0.15, 0.2) is 42.6 Å². The lowest BCUT2D eigenvalue weighted by molar-refractivity contribution is -0.115. The van der Waals surface area contributed by atoms with Gasteiger partial charge in [0.2, 0.25) is 5.91 Å². The van der Waals surface area contributed by atoms with Crippen molar-refractivity contribution in [3.8, 4) is 0 Å². The maximum absolute atomic E-state index is 12.8. The van der Waals surface area contributed by atoms with E-state index in [1.165, 1.54) is 12.1 Å². The minimum Gasteiger partial charge on any atom is -0.368 e. The molecule has 0 saturated carbocycles. The van der Waals surface area contributed by atoms with Crippen molar-refractivity contribution in [2.24, 2.45) is 0 Å². The van der Waals surface area contributed by atoms with Crippen LogP contribution in [-0.2, 0) is 11.2 Å². The first-order chi connectivity index (χ1) is 10.0. The van der Waals surface area contributed by atoms with Crippen molar-refractivity contribution in [1.29, 1.82) is 0 Å². The van der Waals surface area contributed by atoms with E-state index >= 15 is 0 Å². The molecule has 2 N–H and O–H groups in total. The van der Waals surface area contributed by atoms with Crippen LogP contribution in [0.2, 0.25) is 0 Å². The Morgan fingerprint density at radius 3 is 2.48 bits per heavy atom. The standard InChI is InChI=1S/C16H18FN3O/c1-11(2)19-15-8-7-14(10-18-15)20-16(21)9-12-3-5-13(17)6-4-12/h3-8,10-11H,9H2,1-2H3,(H,18,19)(H,20,21). The number of hydrogen-bond acceptors (Lipinski definition) is 3. The van der Waals surface area contributed by atoms with E-state index in [-0.39, 0.29) is 18.1 Å². The summed E-state index contributed by atoms with van der Waals surface area (Å²) in [6, 6.07) is 9.79. The first kappa shape index (κ1) is 15.0. The fourth-order valence-corrected chi connectivity index (χ4v) is 1.84. The van der Waals surface area contributed by atoms with Gasteiger partial charge in [-0.15, -0.1) is 0 Å². The number of carbonyl (C=O) groups is 1. The van der Waals surface area contributed by atoms with Crippen LogP contribution in [0.5, 0.6) is 0 Å². The van der Waals surface area contributed by atoms with Crippen LogP contribution in [0.1, 0.15) is 19.4 Å². The van der Waals surface area contributed by atoms with Crippen LogP contribution in [0.25, 0.3) is 0 Å². The van der Waals surface area contributed by atoms with Crippen molar-refractivity contribution in [3.63, 3.8) is 0 Å². The fourth-order valence-electron chi connectivity index (χ4n) is 1.84. The molecule has 21 heavy (non-hydrogen) atoms. The highest BCUT2D eigenvalue weighted by Gasteiger charge is 2.05. The van der Waals surface area contributed by atoms with Crippen LogP contribution >= 0.6 is 0 Å². The number of rotatable bonds is 5. The molecule has 0 atom stereocenters. The molecule has 4 nitrogen and oxygen atoms in total. The molecule has 2 aromatic rings. The van der Waals surface area contributed by atoms with Crippen LogP contribution in [0.3, 0.4) is 0 Å². The lowest BCUT2D eigenvalue weighted by Gasteiger charge is -2.10. The van der Waals surface area contributed by atoms with Gasteiger partial charge in [0.15, 0.2) is 0 Å². The number of aromatic nitrogens is 1. The Balaban J connectivity index is 1.91. The van der Waals surface area contributed by atoms with Gasteiger partial charge in [0.25, 0.3) is 0 Å². The number of hydrogen-bond donors (Lipinski definition) is 2. The van der Waals surface area contributed by atoms with E-state index in [0.717, 1.165) is 11.4 Å². The Bertz CT molecular complexity index is 594. The monoisotopic (exact) mass is 287 g/mol. The van der Waals surface area contributed by atoms with Gasteiger partial charge in [-0.05, 0) is 43.7 Å². The predicted molar refractivity (Wildman–Crippen MR) is 81.7 cm³/mol. The highest BCUT2D eigenvalue weighted by molar-refractivity contribution is 5.92. The normalized spacial score (nSPS) is 10.5. The van der Waals surface area contributed by atoms with Gasteiger partial charge >= 0.3 is 0 Å². The largest absolute Gasteiger partial charge is 0.368 e. The Labute approximate surface area is 123 Å². The van der Waals surface area contributed by atoms with Gasteiger partial charge in [-0.3, -0.25) is 4.79 Å². The molecule has 0 unspecified atom stereocenters. The van der Waals surface area contributed by atoms with Crippen molar-refractivity contribution in [1.82, 2.24) is 4.98 Å². The van der Waals surface area contributed by atoms with Crippen LogP contribution in [0.4, 0.5) is 15.9 Å². The third-order valence-electron chi connectivity index (χ3n) is 2.76. The van der Waals surface area contributed by atoms with Crippen molar-refractivity contribution < 1.29 is 9.18 Å². The molecule has 1 heterocycles. The summed E-state index contributed by atoms with van der Waals surface area (Å²) in [5.41, 5.74) is 1.40. The molecule has 0 spiro atoms. The van der Waals surface area contributed by atoms with E-state index in [9.17, 15) is 9.18 Å². The van der Waals surface area contributed by atoms with Crippen molar-refractivity contribution in [2.45, 2.75) is 26.3 Å². The number of anilines is 2. The quantitative estimate of drug-likeness (QED) is 0.887. The van der Waals surface area contributed by atoms with Gasteiger partial charge in [0.1, 0.15) is 11.6 Å². The third-order valence-corrected chi connectivity index (χ3v) is 2.76. The van der Waals surface area contributed by atoms with Crippen molar-refractivity contribution >= 4 is 17.4 Å². The molecule has 1 amide bonds. The van der Waals surface area contributed by atoms with E-state index in [0.29, 0.717) is 11.7 Å². The van der Waals surface area contributed by atoms with E-state index in [1.54, 1.807) is 24.4 Å². The number of carbonyl (C=O) groups excluding carboxylic acids is 1. The zero-order valence-electron chi connectivity index (χ0n) is 12.1. The summed E-state index contributed by atoms with van der Waals surface area (Å²) in [4.78, 5) is 16.1. The van der Waals surface area contributed by atoms with Crippen molar-refractivity contribution in [3.05, 3.63) is 54.0 Å². The summed E-state index contributed by atoms with van der Waals surface area (Å²) in [6.45, 7) is 4.06. The predicted octanol–water partition coefficient (Wildman–Crippen LogP) is 3.22. The highest BCUT2D eigenvalue weighted by Crippen LogP contribution is 2.11. The Kier molecular flexibility index (Phi) is 4.87. The van der Waals surface area contributed by atoms with E-state index in [4.69, 9.17) is 0 Å². The Morgan fingerprint density at radius 1 is 1.19 bits per heavy atom. The zero-order valence-corrected chi connectivity index (χ0v) is 12.1. The first-order valence-corrected chi connectivity index (χ1v) is 6.80. The molecule has 0 radical (unpaired) electrons. The van der Waals surface area contributed by atoms with Gasteiger partial charge in [0, 0.05) is 6.04 Å². The first-order valence-electron chi connectivity index (χ1n) is 6.80. The second kappa shape index (κ2) is 6.83. The van der Waals surface area contributed by atoms with Gasteiger partial charge in [-0.1, -0.05) is 12.1 Å². The minimum atomic E-state index is -0.309. The summed E-state index contributed by atoms with van der Waals surface area (Å²) in [5, 5.41) is 5.93. The summed E-state index contributed by atoms with van der Waals surface area (Å²) in [5.74, 6) is 0.297. The maximum Gasteiger partial charge on any atom is 0.228 e. The van der Waals surface area contributed by atoms with Crippen LogP contribution in [-0.4, -0.2) is 16.9 Å². The summed E-state index contributed by atoms with van der Waals surface area (Å²) in [6.07, 6.45) is 1.81. The molecule has 0 aliphatic rings. The second-order valence-corrected chi connectivity index (χ2v) is 5.08. The average Bonchev–Trinajstić information content (AvgIpc) is 2.43. The van der Waals surface area contributed by atoms with Gasteiger partial charge in [-0.2, -0.15) is 0 Å². The van der Waals surface area contributed by atoms with Crippen LogP contribution < -0.4 is 10.6 Å². The van der Waals surface area contributed by atoms with Gasteiger partial charge < -0.3 is 10.6 Å². The Morgan fingerprint density at radius 2 is 1.90 bits per heavy atom. The molecule has 0 saturated heterocycles. The number of amides is 1. The molecule has 1 aromatic heterocycles. The second-order valence-electron chi connectivity index (χ2n) is 5.08. The molecular formula is C16H18FN3O. The average molecular weight is 287 g/mol. The molecule has 0 aliphatic carbocycles. The van der Waals surface area contributed by atoms with E-state index in [2.05, 4.69) is 15.6 Å². The number of nitrogens with zero attached hydrogens (tertiary/aromatic N) is 1. The lowest BCUT2D eigenvalue weighted by atomic mass is 10.1. The fraction of sp³-hybridized carbons (Fsp3) is 0.250. The van der Waals surface area contributed by atoms with Crippen LogP contribution in [0, 0.1) is 5.82 Å². The van der Waals surface area contributed by atoms with E-state index < -0.39 is 0 Å². The van der Waals surface area contributed by atoms with Gasteiger partial charge in [0.05, 0.1) is 18.3 Å². The zero-order chi connectivity index (χ0) is 15.2. The van der Waals surface area contributed by atoms with Crippen molar-refractivity contribution in [2.75, 3.05) is 10.6 Å². The number of benzene rings is 1. The third kappa shape index (κ3) is 4.87. The SMILES string of the molecule is CC(C)Nc1ccc(NC(=O)Cc2ccc(F)cc2)cn1. The molecular weight excluding hydrogens is 269 g/mol. The molecule has 0 bridgehead atoms. The molecule has 1 aromatic carbocycles. The maximum atomic E-state index is 12.8. The molecule has 0 aliphatic heterocycles. The summed E-state index contributed by atoms with van der Waals surface area (Å²) < 4.78 is 12.8. The number of halogens is 1. The topological polar surface area (TPSA) is 54.0 Å². The molecule has 110 valence electrons. The summed E-state index contributed by atoms with van der Waals surface area (Å²) in [7, 11) is 0. The molecule has 5 heteroatoms.